The van der Waals surface area contributed by atoms with Gasteiger partial charge in [-0.15, -0.1) is 0 Å². The van der Waals surface area contributed by atoms with Gasteiger partial charge in [0.05, 0.1) is 25.8 Å². The molecule has 8 heteroatoms. The van der Waals surface area contributed by atoms with Crippen LogP contribution >= 0.6 is 0 Å². The number of nitrogens with one attached hydrogen (secondary N) is 1. The van der Waals surface area contributed by atoms with Crippen LogP contribution in [0.5, 0.6) is 0 Å². The van der Waals surface area contributed by atoms with Crippen molar-refractivity contribution >= 4 is 17.6 Å². The lowest BCUT2D eigenvalue weighted by atomic mass is 10.1. The van der Waals surface area contributed by atoms with Crippen molar-refractivity contribution in [1.29, 1.82) is 0 Å². The van der Waals surface area contributed by atoms with Gasteiger partial charge in [0.1, 0.15) is 5.70 Å². The van der Waals surface area contributed by atoms with Crippen molar-refractivity contribution in [2.24, 2.45) is 0 Å². The summed E-state index contributed by atoms with van der Waals surface area (Å²) < 4.78 is 4.81. The molecule has 3 rings (SSSR count). The van der Waals surface area contributed by atoms with Gasteiger partial charge >= 0.3 is 5.97 Å². The summed E-state index contributed by atoms with van der Waals surface area (Å²) in [4.78, 5) is 30.9. The summed E-state index contributed by atoms with van der Waals surface area (Å²) in [5.41, 5.74) is 2.47. The van der Waals surface area contributed by atoms with E-state index in [0.717, 1.165) is 44.8 Å². The maximum Gasteiger partial charge on any atom is 0.337 e. The van der Waals surface area contributed by atoms with Gasteiger partial charge < -0.3 is 29.9 Å². The van der Waals surface area contributed by atoms with Crippen LogP contribution in [-0.4, -0.2) is 98.3 Å². The van der Waals surface area contributed by atoms with E-state index in [2.05, 4.69) is 22.2 Å². The van der Waals surface area contributed by atoms with Gasteiger partial charge in [-0.05, 0) is 31.2 Å². The van der Waals surface area contributed by atoms with Gasteiger partial charge in [-0.2, -0.15) is 0 Å². The Morgan fingerprint density at radius 1 is 1.14 bits per heavy atom. The number of amides is 1. The Bertz CT molecular complexity index is 754. The van der Waals surface area contributed by atoms with Crippen LogP contribution in [0, 0.1) is 0 Å². The molecule has 0 radical (unpaired) electrons. The number of esters is 1. The van der Waals surface area contributed by atoms with Crippen LogP contribution in [0.1, 0.15) is 5.56 Å². The summed E-state index contributed by atoms with van der Waals surface area (Å²) in [7, 11) is 3.45. The molecular formula is C21H30N4O4. The molecule has 2 aliphatic heterocycles. The number of aliphatic hydroxyl groups excluding tert-OH is 1. The Morgan fingerprint density at radius 3 is 2.45 bits per heavy atom. The Morgan fingerprint density at radius 2 is 1.83 bits per heavy atom. The van der Waals surface area contributed by atoms with Gasteiger partial charge in [0.2, 0.25) is 0 Å². The Labute approximate surface area is 171 Å². The number of hydrogen-bond acceptors (Lipinski definition) is 7. The van der Waals surface area contributed by atoms with Crippen molar-refractivity contribution in [3.63, 3.8) is 0 Å². The fraction of sp³-hybridized carbons (Fsp3) is 0.524. The van der Waals surface area contributed by atoms with Crippen molar-refractivity contribution in [2.75, 3.05) is 71.9 Å². The third-order valence-corrected chi connectivity index (χ3v) is 5.49. The van der Waals surface area contributed by atoms with E-state index in [1.54, 1.807) is 0 Å². The molecule has 0 atom stereocenters. The molecule has 29 heavy (non-hydrogen) atoms. The highest BCUT2D eigenvalue weighted by atomic mass is 16.5. The largest absolute Gasteiger partial charge is 0.466 e. The summed E-state index contributed by atoms with van der Waals surface area (Å²) in [6.07, 6.45) is 0.976. The predicted octanol–water partition coefficient (Wildman–Crippen LogP) is 0.150. The Balaban J connectivity index is 1.61. The number of hydrogen-bond donors (Lipinski definition) is 2. The zero-order valence-corrected chi connectivity index (χ0v) is 17.2. The number of rotatable bonds is 8. The first kappa shape index (κ1) is 21.3. The van der Waals surface area contributed by atoms with Gasteiger partial charge in [-0.1, -0.05) is 12.1 Å². The van der Waals surface area contributed by atoms with E-state index in [0.29, 0.717) is 0 Å². The van der Waals surface area contributed by atoms with Gasteiger partial charge in [-0.25, -0.2) is 4.79 Å². The number of benzene rings is 1. The number of carbonyl (C=O) groups is 2. The third-order valence-electron chi connectivity index (χ3n) is 5.49. The Hall–Kier alpha value is -2.42. The van der Waals surface area contributed by atoms with Crippen molar-refractivity contribution < 1.29 is 19.4 Å². The fourth-order valence-electron chi connectivity index (χ4n) is 3.61. The normalized spacial score (nSPS) is 18.4. The van der Waals surface area contributed by atoms with Crippen LogP contribution < -0.4 is 5.32 Å². The van der Waals surface area contributed by atoms with Crippen LogP contribution in [0.4, 0.5) is 5.69 Å². The lowest BCUT2D eigenvalue weighted by molar-refractivity contribution is -0.136. The van der Waals surface area contributed by atoms with Gasteiger partial charge in [-0.3, -0.25) is 4.79 Å². The molecule has 8 nitrogen and oxygen atoms in total. The quantitative estimate of drug-likeness (QED) is 0.599. The van der Waals surface area contributed by atoms with E-state index < -0.39 is 5.97 Å². The maximum absolute atomic E-state index is 12.6. The predicted molar refractivity (Wildman–Crippen MR) is 110 cm³/mol. The molecule has 0 unspecified atom stereocenters. The second-order valence-electron chi connectivity index (χ2n) is 7.51. The molecule has 2 heterocycles. The van der Waals surface area contributed by atoms with Crippen LogP contribution in [-0.2, 0) is 20.7 Å². The molecule has 1 saturated heterocycles. The van der Waals surface area contributed by atoms with Crippen LogP contribution in [0.25, 0.3) is 0 Å². The van der Waals surface area contributed by atoms with Gasteiger partial charge in [0.25, 0.3) is 5.91 Å². The second kappa shape index (κ2) is 9.87. The van der Waals surface area contributed by atoms with E-state index in [4.69, 9.17) is 9.84 Å². The van der Waals surface area contributed by atoms with Gasteiger partial charge in [0, 0.05) is 45.0 Å². The van der Waals surface area contributed by atoms with E-state index in [1.165, 1.54) is 17.6 Å². The standard InChI is InChI=1S/C21H30N4O4/c1-23-9-11-24(12-10-23)8-7-16-3-5-17(6-4-16)22-19-18(21(28)29-2)15-25(13-14-26)20(19)27/h3-6,22,26H,7-15H2,1-2H3. The molecule has 2 aliphatic rings. The van der Waals surface area contributed by atoms with E-state index in [-0.39, 0.29) is 36.9 Å². The SMILES string of the molecule is COC(=O)C1=C(Nc2ccc(CCN3CCN(C)CC3)cc2)C(=O)N(CCO)C1. The molecule has 1 aromatic carbocycles. The van der Waals surface area contributed by atoms with E-state index >= 15 is 0 Å². The smallest absolute Gasteiger partial charge is 0.337 e. The minimum atomic E-state index is -0.537. The number of aliphatic hydroxyl groups is 1. The highest BCUT2D eigenvalue weighted by Gasteiger charge is 2.34. The summed E-state index contributed by atoms with van der Waals surface area (Å²) in [6.45, 7) is 5.62. The summed E-state index contributed by atoms with van der Waals surface area (Å²) in [5.74, 6) is -0.844. The molecule has 2 N–H and O–H groups in total. The summed E-state index contributed by atoms with van der Waals surface area (Å²) >= 11 is 0. The first-order chi connectivity index (χ1) is 14.0. The monoisotopic (exact) mass is 402 g/mol. The minimum absolute atomic E-state index is 0.136. The summed E-state index contributed by atoms with van der Waals surface area (Å²) in [6, 6.07) is 7.93. The third kappa shape index (κ3) is 5.35. The van der Waals surface area contributed by atoms with Gasteiger partial charge in [0.15, 0.2) is 0 Å². The van der Waals surface area contributed by atoms with E-state index in [1.807, 2.05) is 24.3 Å². The van der Waals surface area contributed by atoms with E-state index in [9.17, 15) is 9.59 Å². The zero-order valence-electron chi connectivity index (χ0n) is 17.2. The fourth-order valence-corrected chi connectivity index (χ4v) is 3.61. The molecule has 0 bridgehead atoms. The van der Waals surface area contributed by atoms with Crippen molar-refractivity contribution in [2.45, 2.75) is 6.42 Å². The molecule has 1 fully saturated rings. The topological polar surface area (TPSA) is 85.4 Å². The maximum atomic E-state index is 12.6. The first-order valence-corrected chi connectivity index (χ1v) is 10.00. The number of ether oxygens (including phenoxy) is 1. The average Bonchev–Trinajstić information content (AvgIpc) is 3.04. The first-order valence-electron chi connectivity index (χ1n) is 10.00. The number of β-amino-alcohol motifs (C(OH)–C–C–N with tert-alkyl or cyclic N) is 1. The lowest BCUT2D eigenvalue weighted by Crippen LogP contribution is -2.45. The second-order valence-corrected chi connectivity index (χ2v) is 7.51. The Kier molecular flexibility index (Phi) is 7.24. The van der Waals surface area contributed by atoms with Crippen LogP contribution in [0.15, 0.2) is 35.5 Å². The number of piperazine rings is 1. The molecule has 0 spiro atoms. The number of nitrogens with zero attached hydrogens (tertiary/aromatic N) is 3. The number of methoxy groups -OCH3 is 1. The van der Waals surface area contributed by atoms with Crippen molar-refractivity contribution in [3.8, 4) is 0 Å². The molecule has 0 saturated carbocycles. The minimum Gasteiger partial charge on any atom is -0.466 e. The van der Waals surface area contributed by atoms with Crippen LogP contribution in [0.3, 0.4) is 0 Å². The molecule has 0 aromatic heterocycles. The highest BCUT2D eigenvalue weighted by molar-refractivity contribution is 6.08. The van der Waals surface area contributed by atoms with Crippen molar-refractivity contribution in [1.82, 2.24) is 14.7 Å². The molecule has 158 valence electrons. The molecule has 0 aliphatic carbocycles. The lowest BCUT2D eigenvalue weighted by Gasteiger charge is -2.32. The average molecular weight is 402 g/mol. The highest BCUT2D eigenvalue weighted by Crippen LogP contribution is 2.23. The molecule has 1 aromatic rings. The molecular weight excluding hydrogens is 372 g/mol. The van der Waals surface area contributed by atoms with Crippen molar-refractivity contribution in [3.05, 3.63) is 41.1 Å². The number of likely N-dealkylation sites (N-methyl/N-ethyl adjacent to an activating group) is 1. The zero-order chi connectivity index (χ0) is 20.8. The number of carbonyl (C=O) groups excluding carboxylic acids is 2. The number of anilines is 1. The molecule has 1 amide bonds. The summed E-state index contributed by atoms with van der Waals surface area (Å²) in [5, 5.41) is 12.2. The van der Waals surface area contributed by atoms with Crippen LogP contribution in [0.2, 0.25) is 0 Å².